The van der Waals surface area contributed by atoms with E-state index in [4.69, 9.17) is 11.6 Å². The van der Waals surface area contributed by atoms with Gasteiger partial charge in [0.2, 0.25) is 0 Å². The lowest BCUT2D eigenvalue weighted by Crippen LogP contribution is -2.17. The molecule has 1 aromatic rings. The van der Waals surface area contributed by atoms with Crippen molar-refractivity contribution in [1.29, 1.82) is 0 Å². The van der Waals surface area contributed by atoms with Gasteiger partial charge in [-0.15, -0.1) is 5.92 Å². The van der Waals surface area contributed by atoms with E-state index in [2.05, 4.69) is 17.2 Å². The largest absolute Gasteiger partial charge is 0.312 e. The van der Waals surface area contributed by atoms with E-state index >= 15 is 0 Å². The van der Waals surface area contributed by atoms with E-state index in [9.17, 15) is 4.39 Å². The lowest BCUT2D eigenvalue weighted by molar-refractivity contribution is 0.540. The van der Waals surface area contributed by atoms with Crippen molar-refractivity contribution < 1.29 is 4.39 Å². The molecule has 0 saturated heterocycles. The molecular weight excluding hydrogens is 249 g/mol. The van der Waals surface area contributed by atoms with Crippen LogP contribution in [0.4, 0.5) is 4.39 Å². The summed E-state index contributed by atoms with van der Waals surface area (Å²) in [5.74, 6) is 5.99. The monoisotopic (exact) mass is 267 g/mol. The standard InChI is InChI=1S/C15H19ClFN/c1-15(2,3)9-5-6-14(18-4)12-10-11(16)7-8-13(12)17/h7-8,10,14,18H,6H2,1-4H3. The van der Waals surface area contributed by atoms with Gasteiger partial charge in [0.1, 0.15) is 5.82 Å². The quantitative estimate of drug-likeness (QED) is 0.810. The Bertz CT molecular complexity index is 466. The SMILES string of the molecule is CNC(CC#CC(C)(C)C)c1cc(Cl)ccc1F. The lowest BCUT2D eigenvalue weighted by atomic mass is 9.96. The van der Waals surface area contributed by atoms with Crippen LogP contribution in [0.2, 0.25) is 5.02 Å². The average Bonchev–Trinajstić information content (AvgIpc) is 2.27. The molecule has 0 spiro atoms. The molecule has 0 heterocycles. The molecule has 0 fully saturated rings. The van der Waals surface area contributed by atoms with Gasteiger partial charge in [0.25, 0.3) is 0 Å². The Morgan fingerprint density at radius 1 is 1.39 bits per heavy atom. The second kappa shape index (κ2) is 6.22. The van der Waals surface area contributed by atoms with E-state index in [1.807, 2.05) is 20.8 Å². The number of hydrogen-bond donors (Lipinski definition) is 1. The van der Waals surface area contributed by atoms with Crippen molar-refractivity contribution in [3.63, 3.8) is 0 Å². The average molecular weight is 268 g/mol. The van der Waals surface area contributed by atoms with Gasteiger partial charge in [0.15, 0.2) is 0 Å². The summed E-state index contributed by atoms with van der Waals surface area (Å²) >= 11 is 5.89. The summed E-state index contributed by atoms with van der Waals surface area (Å²) in [4.78, 5) is 0. The minimum Gasteiger partial charge on any atom is -0.312 e. The molecule has 0 bridgehead atoms. The molecule has 1 N–H and O–H groups in total. The highest BCUT2D eigenvalue weighted by atomic mass is 35.5. The topological polar surface area (TPSA) is 12.0 Å². The Morgan fingerprint density at radius 3 is 2.61 bits per heavy atom. The number of benzene rings is 1. The Hall–Kier alpha value is -1.04. The van der Waals surface area contributed by atoms with Crippen LogP contribution in [0.3, 0.4) is 0 Å². The van der Waals surface area contributed by atoms with E-state index in [0.717, 1.165) is 0 Å². The van der Waals surface area contributed by atoms with Crippen LogP contribution in [0.5, 0.6) is 0 Å². The first-order valence-corrected chi connectivity index (χ1v) is 6.33. The van der Waals surface area contributed by atoms with Crippen LogP contribution in [-0.2, 0) is 0 Å². The van der Waals surface area contributed by atoms with Crippen molar-refractivity contribution in [3.05, 3.63) is 34.6 Å². The predicted molar refractivity (Wildman–Crippen MR) is 75.1 cm³/mol. The molecule has 0 saturated carbocycles. The number of hydrogen-bond acceptors (Lipinski definition) is 1. The predicted octanol–water partition coefficient (Wildman–Crippen LogP) is 4.18. The Morgan fingerprint density at radius 2 is 2.06 bits per heavy atom. The van der Waals surface area contributed by atoms with Crippen LogP contribution in [0.25, 0.3) is 0 Å². The summed E-state index contributed by atoms with van der Waals surface area (Å²) in [6.45, 7) is 6.15. The highest BCUT2D eigenvalue weighted by Gasteiger charge is 2.13. The summed E-state index contributed by atoms with van der Waals surface area (Å²) in [6, 6.07) is 4.45. The van der Waals surface area contributed by atoms with Gasteiger partial charge < -0.3 is 5.32 Å². The maximum absolute atomic E-state index is 13.7. The van der Waals surface area contributed by atoms with Crippen molar-refractivity contribution in [3.8, 4) is 11.8 Å². The Balaban J connectivity index is 2.89. The third-order valence-corrected chi connectivity index (χ3v) is 2.69. The molecule has 1 rings (SSSR count). The third kappa shape index (κ3) is 4.68. The van der Waals surface area contributed by atoms with Gasteiger partial charge in [0, 0.05) is 28.5 Å². The second-order valence-electron chi connectivity index (χ2n) is 5.26. The van der Waals surface area contributed by atoms with Crippen molar-refractivity contribution in [1.82, 2.24) is 5.32 Å². The van der Waals surface area contributed by atoms with Crippen LogP contribution >= 0.6 is 11.6 Å². The summed E-state index contributed by atoms with van der Waals surface area (Å²) in [7, 11) is 1.80. The molecule has 0 aliphatic carbocycles. The maximum Gasteiger partial charge on any atom is 0.128 e. The summed E-state index contributed by atoms with van der Waals surface area (Å²) < 4.78 is 13.7. The molecule has 98 valence electrons. The molecule has 1 nitrogen and oxygen atoms in total. The fourth-order valence-corrected chi connectivity index (χ4v) is 1.75. The number of nitrogens with one attached hydrogen (secondary N) is 1. The molecule has 3 heteroatoms. The molecular formula is C15H19ClFN. The van der Waals surface area contributed by atoms with E-state index in [1.54, 1.807) is 19.2 Å². The van der Waals surface area contributed by atoms with Crippen LogP contribution < -0.4 is 5.32 Å². The highest BCUT2D eigenvalue weighted by molar-refractivity contribution is 6.30. The summed E-state index contributed by atoms with van der Waals surface area (Å²) in [6.07, 6.45) is 0.561. The number of rotatable bonds is 3. The summed E-state index contributed by atoms with van der Waals surface area (Å²) in [5.41, 5.74) is 0.527. The van der Waals surface area contributed by atoms with Gasteiger partial charge in [-0.3, -0.25) is 0 Å². The van der Waals surface area contributed by atoms with Gasteiger partial charge >= 0.3 is 0 Å². The molecule has 0 aliphatic heterocycles. The van der Waals surface area contributed by atoms with Crippen LogP contribution in [0.1, 0.15) is 38.8 Å². The molecule has 0 radical (unpaired) electrons. The van der Waals surface area contributed by atoms with E-state index in [-0.39, 0.29) is 17.3 Å². The first-order valence-electron chi connectivity index (χ1n) is 5.96. The highest BCUT2D eigenvalue weighted by Crippen LogP contribution is 2.23. The van der Waals surface area contributed by atoms with E-state index in [0.29, 0.717) is 17.0 Å². The van der Waals surface area contributed by atoms with E-state index in [1.165, 1.54) is 6.07 Å². The Labute approximate surface area is 114 Å². The first-order chi connectivity index (χ1) is 8.33. The van der Waals surface area contributed by atoms with Gasteiger partial charge in [0.05, 0.1) is 0 Å². The zero-order valence-electron chi connectivity index (χ0n) is 11.3. The van der Waals surface area contributed by atoms with Crippen LogP contribution in [0.15, 0.2) is 18.2 Å². The molecule has 1 unspecified atom stereocenters. The molecule has 1 aromatic carbocycles. The van der Waals surface area contributed by atoms with Gasteiger partial charge in [-0.25, -0.2) is 4.39 Å². The fourth-order valence-electron chi connectivity index (χ4n) is 1.57. The molecule has 1 atom stereocenters. The Kier molecular flexibility index (Phi) is 5.19. The smallest absolute Gasteiger partial charge is 0.128 e. The molecule has 0 aromatic heterocycles. The summed E-state index contributed by atoms with van der Waals surface area (Å²) in [5, 5.41) is 3.61. The lowest BCUT2D eigenvalue weighted by Gasteiger charge is -2.15. The molecule has 18 heavy (non-hydrogen) atoms. The van der Waals surface area contributed by atoms with Gasteiger partial charge in [-0.1, -0.05) is 17.5 Å². The maximum atomic E-state index is 13.7. The van der Waals surface area contributed by atoms with Crippen LogP contribution in [-0.4, -0.2) is 7.05 Å². The minimum absolute atomic E-state index is 0.0365. The zero-order valence-corrected chi connectivity index (χ0v) is 12.0. The van der Waals surface area contributed by atoms with Crippen molar-refractivity contribution in [2.75, 3.05) is 7.05 Å². The third-order valence-electron chi connectivity index (χ3n) is 2.45. The van der Waals surface area contributed by atoms with Gasteiger partial charge in [-0.2, -0.15) is 0 Å². The van der Waals surface area contributed by atoms with Gasteiger partial charge in [-0.05, 0) is 46.0 Å². The van der Waals surface area contributed by atoms with Crippen LogP contribution in [0, 0.1) is 23.1 Å². The first kappa shape index (κ1) is 15.0. The second-order valence-corrected chi connectivity index (χ2v) is 5.70. The fraction of sp³-hybridized carbons (Fsp3) is 0.467. The van der Waals surface area contributed by atoms with Crippen molar-refractivity contribution in [2.24, 2.45) is 5.41 Å². The molecule has 0 amide bonds. The van der Waals surface area contributed by atoms with Crippen molar-refractivity contribution in [2.45, 2.75) is 33.2 Å². The van der Waals surface area contributed by atoms with E-state index < -0.39 is 0 Å². The number of halogens is 2. The molecule has 0 aliphatic rings. The minimum atomic E-state index is -0.253. The normalized spacial score (nSPS) is 12.8. The zero-order chi connectivity index (χ0) is 13.8. The van der Waals surface area contributed by atoms with Crippen molar-refractivity contribution >= 4 is 11.6 Å².